The maximum atomic E-state index is 14.8. The fraction of sp³-hybridized carbons (Fsp3) is 0.481. The Labute approximate surface area is 219 Å². The zero-order chi connectivity index (χ0) is 25.7. The van der Waals surface area contributed by atoms with Crippen molar-refractivity contribution in [3.8, 4) is 5.75 Å². The number of thiophene rings is 1. The molecule has 36 heavy (non-hydrogen) atoms. The third-order valence-corrected chi connectivity index (χ3v) is 9.44. The van der Waals surface area contributed by atoms with Crippen molar-refractivity contribution in [3.63, 3.8) is 0 Å². The topological polar surface area (TPSA) is 82.9 Å². The quantitative estimate of drug-likeness (QED) is 0.300. The number of rotatable bonds is 11. The minimum absolute atomic E-state index is 0.0192. The smallest absolute Gasteiger partial charge is 0.303 e. The lowest BCUT2D eigenvalue weighted by Gasteiger charge is -2.44. The molecule has 194 valence electrons. The van der Waals surface area contributed by atoms with E-state index in [4.69, 9.17) is 4.74 Å². The number of pyridine rings is 1. The van der Waals surface area contributed by atoms with E-state index in [1.54, 1.807) is 36.6 Å². The van der Waals surface area contributed by atoms with Crippen LogP contribution in [-0.2, 0) is 4.79 Å². The standard InChI is InChI=1S/C27H33FN2O4S2/c1-17-20(15-25(32)33)18(9-10-30(17)11-13-36-26-4-3-12-35-26)5-8-24(31)27-21-14-19(34-2)6-7-23(21)29-16-22(27)28/h3-4,6-7,12,14,16-18,20,24,31H,5,8-11,13,15H2,1-2H3,(H,32,33). The van der Waals surface area contributed by atoms with Gasteiger partial charge in [0.25, 0.3) is 0 Å². The number of piperidine rings is 1. The maximum absolute atomic E-state index is 14.8. The Hall–Kier alpha value is -2.20. The van der Waals surface area contributed by atoms with Gasteiger partial charge < -0.3 is 14.9 Å². The number of hydrogen-bond acceptors (Lipinski definition) is 7. The minimum atomic E-state index is -1.01. The minimum Gasteiger partial charge on any atom is -0.497 e. The number of hydrogen-bond donors (Lipinski definition) is 2. The van der Waals surface area contributed by atoms with Crippen LogP contribution in [0.1, 0.15) is 44.3 Å². The lowest BCUT2D eigenvalue weighted by Crippen LogP contribution is -2.49. The molecule has 2 N–H and O–H groups in total. The highest BCUT2D eigenvalue weighted by Crippen LogP contribution is 2.38. The summed E-state index contributed by atoms with van der Waals surface area (Å²) in [5.41, 5.74) is 0.821. The average molecular weight is 533 g/mol. The van der Waals surface area contributed by atoms with Crippen LogP contribution in [0.5, 0.6) is 5.75 Å². The number of carboxylic acids is 1. The number of nitrogens with zero attached hydrogens (tertiary/aromatic N) is 2. The highest BCUT2D eigenvalue weighted by atomic mass is 32.2. The Balaban J connectivity index is 1.43. The van der Waals surface area contributed by atoms with Gasteiger partial charge in [-0.3, -0.25) is 14.7 Å². The van der Waals surface area contributed by atoms with E-state index in [0.29, 0.717) is 29.5 Å². The van der Waals surface area contributed by atoms with Crippen LogP contribution >= 0.6 is 23.1 Å². The van der Waals surface area contributed by atoms with Crippen LogP contribution in [-0.4, -0.2) is 58.1 Å². The second-order valence-corrected chi connectivity index (χ2v) is 11.7. The molecule has 0 amide bonds. The highest BCUT2D eigenvalue weighted by molar-refractivity contribution is 8.01. The monoisotopic (exact) mass is 532 g/mol. The van der Waals surface area contributed by atoms with Gasteiger partial charge in [0.2, 0.25) is 0 Å². The van der Waals surface area contributed by atoms with E-state index < -0.39 is 17.9 Å². The SMILES string of the molecule is COc1ccc2ncc(F)c(C(O)CCC3CCN(CCSc4cccs4)C(C)C3CC(=O)O)c2c1. The van der Waals surface area contributed by atoms with Crippen LogP contribution in [0, 0.1) is 17.7 Å². The Morgan fingerprint density at radius 2 is 2.22 bits per heavy atom. The van der Waals surface area contributed by atoms with E-state index in [1.165, 1.54) is 4.21 Å². The molecule has 2 aromatic heterocycles. The van der Waals surface area contributed by atoms with Crippen molar-refractivity contribution < 1.29 is 24.1 Å². The molecule has 1 aliphatic heterocycles. The number of halogens is 1. The van der Waals surface area contributed by atoms with Gasteiger partial charge in [0.05, 0.1) is 29.1 Å². The summed E-state index contributed by atoms with van der Waals surface area (Å²) in [5, 5.41) is 23.3. The van der Waals surface area contributed by atoms with E-state index in [9.17, 15) is 19.4 Å². The van der Waals surface area contributed by atoms with Gasteiger partial charge in [-0.1, -0.05) is 6.07 Å². The van der Waals surface area contributed by atoms with Gasteiger partial charge in [-0.2, -0.15) is 0 Å². The number of ether oxygens (including phenoxy) is 1. The first-order valence-electron chi connectivity index (χ1n) is 12.3. The Bertz CT molecular complexity index is 1160. The normalized spacial score (nSPS) is 21.5. The number of aliphatic hydroxyl groups is 1. The van der Waals surface area contributed by atoms with Crippen molar-refractivity contribution in [1.82, 2.24) is 9.88 Å². The molecule has 0 radical (unpaired) electrons. The van der Waals surface area contributed by atoms with E-state index in [-0.39, 0.29) is 29.9 Å². The van der Waals surface area contributed by atoms with Crippen molar-refractivity contribution in [2.75, 3.05) is 26.0 Å². The van der Waals surface area contributed by atoms with Gasteiger partial charge >= 0.3 is 5.97 Å². The molecular weight excluding hydrogens is 499 g/mol. The number of aliphatic carboxylic acids is 1. The number of thioether (sulfide) groups is 1. The van der Waals surface area contributed by atoms with Crippen molar-refractivity contribution in [2.24, 2.45) is 11.8 Å². The maximum Gasteiger partial charge on any atom is 0.303 e. The number of aromatic nitrogens is 1. The van der Waals surface area contributed by atoms with Crippen LogP contribution in [0.2, 0.25) is 0 Å². The Kier molecular flexibility index (Phi) is 9.22. The van der Waals surface area contributed by atoms with Crippen molar-refractivity contribution in [2.45, 2.75) is 49.0 Å². The van der Waals surface area contributed by atoms with E-state index >= 15 is 0 Å². The molecule has 0 aliphatic carbocycles. The molecule has 4 rings (SSSR count). The Morgan fingerprint density at radius 1 is 1.39 bits per heavy atom. The fourth-order valence-corrected chi connectivity index (χ4v) is 7.22. The third kappa shape index (κ3) is 6.37. The zero-order valence-corrected chi connectivity index (χ0v) is 22.2. The molecular formula is C27H33FN2O4S2. The first-order valence-corrected chi connectivity index (χ1v) is 14.2. The molecule has 1 aliphatic rings. The predicted molar refractivity (Wildman–Crippen MR) is 142 cm³/mol. The number of aliphatic hydroxyl groups excluding tert-OH is 1. The number of benzene rings is 1. The van der Waals surface area contributed by atoms with Crippen molar-refractivity contribution in [1.29, 1.82) is 0 Å². The van der Waals surface area contributed by atoms with Crippen molar-refractivity contribution >= 4 is 40.0 Å². The second kappa shape index (κ2) is 12.4. The molecule has 1 saturated heterocycles. The molecule has 0 bridgehead atoms. The van der Waals surface area contributed by atoms with Gasteiger partial charge in [0.1, 0.15) is 11.6 Å². The number of methoxy groups -OCH3 is 1. The van der Waals surface area contributed by atoms with E-state index in [0.717, 1.165) is 31.5 Å². The number of carbonyl (C=O) groups is 1. The summed E-state index contributed by atoms with van der Waals surface area (Å²) in [7, 11) is 1.54. The van der Waals surface area contributed by atoms with E-state index in [1.807, 2.05) is 11.8 Å². The molecule has 6 nitrogen and oxygen atoms in total. The molecule has 9 heteroatoms. The summed E-state index contributed by atoms with van der Waals surface area (Å²) in [4.78, 5) is 18.2. The van der Waals surface area contributed by atoms with Crippen LogP contribution in [0.25, 0.3) is 10.9 Å². The largest absolute Gasteiger partial charge is 0.497 e. The number of fused-ring (bicyclic) bond motifs is 1. The first kappa shape index (κ1) is 26.9. The van der Waals surface area contributed by atoms with Gasteiger partial charge in [-0.15, -0.1) is 23.1 Å². The van der Waals surface area contributed by atoms with Crippen LogP contribution < -0.4 is 4.74 Å². The summed E-state index contributed by atoms with van der Waals surface area (Å²) in [5.74, 6) is 0.323. The molecule has 4 atom stereocenters. The summed E-state index contributed by atoms with van der Waals surface area (Å²) < 4.78 is 21.4. The van der Waals surface area contributed by atoms with Gasteiger partial charge in [0.15, 0.2) is 0 Å². The molecule has 0 spiro atoms. The van der Waals surface area contributed by atoms with Gasteiger partial charge in [-0.05, 0) is 74.2 Å². The first-order chi connectivity index (χ1) is 17.4. The lowest BCUT2D eigenvalue weighted by atomic mass is 9.75. The number of likely N-dealkylation sites (tertiary alicyclic amines) is 1. The summed E-state index contributed by atoms with van der Waals surface area (Å²) >= 11 is 3.57. The molecule has 0 saturated carbocycles. The van der Waals surface area contributed by atoms with Gasteiger partial charge in [-0.25, -0.2) is 4.39 Å². The fourth-order valence-electron chi connectivity index (χ4n) is 5.39. The van der Waals surface area contributed by atoms with Crippen LogP contribution in [0.4, 0.5) is 4.39 Å². The lowest BCUT2D eigenvalue weighted by molar-refractivity contribution is -0.140. The molecule has 3 aromatic rings. The van der Waals surface area contributed by atoms with Crippen LogP contribution in [0.3, 0.4) is 0 Å². The molecule has 3 heterocycles. The second-order valence-electron chi connectivity index (χ2n) is 9.36. The molecule has 4 unspecified atom stereocenters. The van der Waals surface area contributed by atoms with E-state index in [2.05, 4.69) is 34.3 Å². The predicted octanol–water partition coefficient (Wildman–Crippen LogP) is 5.85. The van der Waals surface area contributed by atoms with Crippen LogP contribution in [0.15, 0.2) is 46.1 Å². The summed E-state index contributed by atoms with van der Waals surface area (Å²) in [6.07, 6.45) is 2.09. The van der Waals surface area contributed by atoms with Gasteiger partial charge in [0, 0.05) is 35.7 Å². The zero-order valence-electron chi connectivity index (χ0n) is 20.6. The molecule has 1 fully saturated rings. The number of carboxylic acid groups (broad SMARTS) is 1. The molecule has 1 aromatic carbocycles. The Morgan fingerprint density at radius 3 is 2.94 bits per heavy atom. The van der Waals surface area contributed by atoms with Crippen molar-refractivity contribution in [3.05, 3.63) is 53.3 Å². The average Bonchev–Trinajstić information content (AvgIpc) is 3.38. The summed E-state index contributed by atoms with van der Waals surface area (Å²) in [6, 6.07) is 9.51. The highest BCUT2D eigenvalue weighted by Gasteiger charge is 2.36. The summed E-state index contributed by atoms with van der Waals surface area (Å²) in [6.45, 7) is 3.92. The third-order valence-electron chi connectivity index (χ3n) is 7.33.